The van der Waals surface area contributed by atoms with Crippen molar-refractivity contribution in [3.8, 4) is 0 Å². The molecule has 1 atom stereocenters. The van der Waals surface area contributed by atoms with E-state index in [4.69, 9.17) is 23.2 Å². The molecule has 0 aromatic heterocycles. The number of carbonyl (C=O) groups is 3. The van der Waals surface area contributed by atoms with Gasteiger partial charge in [-0.2, -0.15) is 0 Å². The van der Waals surface area contributed by atoms with Crippen molar-refractivity contribution in [2.75, 3.05) is 29.3 Å². The van der Waals surface area contributed by atoms with Crippen LogP contribution in [0.1, 0.15) is 11.5 Å². The van der Waals surface area contributed by atoms with Gasteiger partial charge >= 0.3 is 18.0 Å². The number of benzene rings is 2. The van der Waals surface area contributed by atoms with Gasteiger partial charge in [0.15, 0.2) is 0 Å². The second-order valence-electron chi connectivity index (χ2n) is 6.81. The van der Waals surface area contributed by atoms with Crippen molar-refractivity contribution in [2.45, 2.75) is 10.8 Å². The number of nitrogens with zero attached hydrogens (tertiary/aromatic N) is 2. The summed E-state index contributed by atoms with van der Waals surface area (Å²) in [5.41, 5.74) is 0.361. The van der Waals surface area contributed by atoms with Crippen LogP contribution in [0.15, 0.2) is 41.3 Å². The SMILES string of the molecule is CNC(=O)N1CC(C(=O)O)c2cc(N(CC(=O)O)S(=O)(=O)c3cc(Cl)cc(Cl)c3)ccc21. The van der Waals surface area contributed by atoms with Crippen LogP contribution in [0.3, 0.4) is 0 Å². The Bertz CT molecular complexity index is 1200. The van der Waals surface area contributed by atoms with Crippen LogP contribution in [-0.4, -0.2) is 56.7 Å². The fourth-order valence-corrected chi connectivity index (χ4v) is 5.52. The van der Waals surface area contributed by atoms with Gasteiger partial charge in [-0.3, -0.25) is 18.8 Å². The molecule has 0 radical (unpaired) electrons. The third-order valence-corrected chi connectivity index (χ3v) is 6.98. The number of urea groups is 1. The molecule has 0 fully saturated rings. The number of nitrogens with one attached hydrogen (secondary N) is 1. The van der Waals surface area contributed by atoms with E-state index in [2.05, 4.69) is 5.32 Å². The topological polar surface area (TPSA) is 144 Å². The molecule has 1 aliphatic heterocycles. The van der Waals surface area contributed by atoms with E-state index in [1.54, 1.807) is 0 Å². The van der Waals surface area contributed by atoms with Crippen LogP contribution < -0.4 is 14.5 Å². The van der Waals surface area contributed by atoms with E-state index in [0.717, 1.165) is 12.1 Å². The summed E-state index contributed by atoms with van der Waals surface area (Å²) in [4.78, 5) is 36.2. The molecule has 0 bridgehead atoms. The van der Waals surface area contributed by atoms with Gasteiger partial charge in [0.1, 0.15) is 12.5 Å². The van der Waals surface area contributed by atoms with E-state index in [-0.39, 0.29) is 38.4 Å². The van der Waals surface area contributed by atoms with E-state index in [1.807, 2.05) is 0 Å². The Labute approximate surface area is 193 Å². The van der Waals surface area contributed by atoms with Crippen LogP contribution in [0, 0.1) is 0 Å². The number of amides is 2. The van der Waals surface area contributed by atoms with Gasteiger partial charge in [0.25, 0.3) is 10.0 Å². The van der Waals surface area contributed by atoms with Crippen molar-refractivity contribution in [3.63, 3.8) is 0 Å². The summed E-state index contributed by atoms with van der Waals surface area (Å²) in [6, 6.07) is 6.96. The number of hydrogen-bond donors (Lipinski definition) is 3. The second kappa shape index (κ2) is 8.85. The van der Waals surface area contributed by atoms with Crippen molar-refractivity contribution < 1.29 is 33.0 Å². The molecule has 3 rings (SSSR count). The number of carboxylic acids is 2. The van der Waals surface area contributed by atoms with E-state index in [0.29, 0.717) is 4.31 Å². The summed E-state index contributed by atoms with van der Waals surface area (Å²) in [6.07, 6.45) is 0. The van der Waals surface area contributed by atoms with Crippen LogP contribution in [0.2, 0.25) is 10.0 Å². The summed E-state index contributed by atoms with van der Waals surface area (Å²) >= 11 is 11.8. The third kappa shape index (κ3) is 4.45. The Morgan fingerprint density at radius 2 is 1.75 bits per heavy atom. The molecule has 32 heavy (non-hydrogen) atoms. The zero-order valence-electron chi connectivity index (χ0n) is 16.4. The first-order chi connectivity index (χ1) is 14.9. The van der Waals surface area contributed by atoms with E-state index >= 15 is 0 Å². The standard InChI is InChI=1S/C19H17Cl2N3O7S/c1-22-19(29)23-8-15(18(27)28)14-7-12(2-3-16(14)23)24(9-17(25)26)32(30,31)13-5-10(20)4-11(21)6-13/h2-7,15H,8-9H2,1H3,(H,22,29)(H,25,26)(H,27,28). The summed E-state index contributed by atoms with van der Waals surface area (Å²) in [5.74, 6) is -3.79. The molecule has 0 saturated heterocycles. The van der Waals surface area contributed by atoms with Crippen LogP contribution in [0.25, 0.3) is 0 Å². The average molecular weight is 502 g/mol. The molecule has 0 spiro atoms. The number of carbonyl (C=O) groups excluding carboxylic acids is 1. The Kier molecular flexibility index (Phi) is 6.54. The van der Waals surface area contributed by atoms with Gasteiger partial charge < -0.3 is 15.5 Å². The maximum Gasteiger partial charge on any atom is 0.324 e. The lowest BCUT2D eigenvalue weighted by molar-refractivity contribution is -0.138. The molecule has 3 N–H and O–H groups in total. The number of fused-ring (bicyclic) bond motifs is 1. The molecule has 1 aliphatic rings. The first kappa shape index (κ1) is 23.6. The lowest BCUT2D eigenvalue weighted by atomic mass is 10.0. The molecule has 10 nitrogen and oxygen atoms in total. The highest BCUT2D eigenvalue weighted by atomic mass is 35.5. The monoisotopic (exact) mass is 501 g/mol. The highest BCUT2D eigenvalue weighted by molar-refractivity contribution is 7.92. The third-order valence-electron chi connectivity index (χ3n) is 4.79. The van der Waals surface area contributed by atoms with Crippen LogP contribution in [0.4, 0.5) is 16.2 Å². The Balaban J connectivity index is 2.16. The number of hydrogen-bond acceptors (Lipinski definition) is 5. The zero-order chi connectivity index (χ0) is 23.8. The minimum Gasteiger partial charge on any atom is -0.481 e. The zero-order valence-corrected chi connectivity index (χ0v) is 18.8. The van der Waals surface area contributed by atoms with Crippen molar-refractivity contribution in [3.05, 3.63) is 52.0 Å². The quantitative estimate of drug-likeness (QED) is 0.551. The van der Waals surface area contributed by atoms with Crippen molar-refractivity contribution >= 4 is 62.6 Å². The summed E-state index contributed by atoms with van der Waals surface area (Å²) < 4.78 is 27.1. The fraction of sp³-hybridized carbons (Fsp3) is 0.211. The van der Waals surface area contributed by atoms with Gasteiger partial charge in [-0.25, -0.2) is 13.2 Å². The van der Waals surface area contributed by atoms with Gasteiger partial charge in [0, 0.05) is 29.3 Å². The second-order valence-corrected chi connectivity index (χ2v) is 9.55. The predicted molar refractivity (Wildman–Crippen MR) is 117 cm³/mol. The lowest BCUT2D eigenvalue weighted by Crippen LogP contribution is -2.38. The fourth-order valence-electron chi connectivity index (χ4n) is 3.38. The largest absolute Gasteiger partial charge is 0.481 e. The van der Waals surface area contributed by atoms with Crippen LogP contribution in [0.5, 0.6) is 0 Å². The number of sulfonamides is 1. The van der Waals surface area contributed by atoms with Crippen molar-refractivity contribution in [2.24, 2.45) is 0 Å². The number of carboxylic acid groups (broad SMARTS) is 2. The smallest absolute Gasteiger partial charge is 0.324 e. The molecule has 170 valence electrons. The molecule has 2 aromatic carbocycles. The summed E-state index contributed by atoms with van der Waals surface area (Å²) in [6.45, 7) is -1.11. The predicted octanol–water partition coefficient (Wildman–Crippen LogP) is 2.60. The number of anilines is 2. The van der Waals surface area contributed by atoms with Crippen LogP contribution >= 0.6 is 23.2 Å². The Morgan fingerprint density at radius 3 is 2.28 bits per heavy atom. The van der Waals surface area contributed by atoms with Crippen molar-refractivity contribution in [1.29, 1.82) is 0 Å². The minimum atomic E-state index is -4.44. The lowest BCUT2D eigenvalue weighted by Gasteiger charge is -2.24. The maximum atomic E-state index is 13.3. The molecule has 0 saturated carbocycles. The highest BCUT2D eigenvalue weighted by Gasteiger charge is 2.38. The van der Waals surface area contributed by atoms with Gasteiger partial charge in [-0.15, -0.1) is 0 Å². The van der Waals surface area contributed by atoms with E-state index in [1.165, 1.54) is 36.2 Å². The first-order valence-electron chi connectivity index (χ1n) is 9.02. The Hall–Kier alpha value is -3.02. The summed E-state index contributed by atoms with van der Waals surface area (Å²) in [5, 5.41) is 21.4. The first-order valence-corrected chi connectivity index (χ1v) is 11.2. The minimum absolute atomic E-state index is 0.0347. The van der Waals surface area contributed by atoms with Gasteiger partial charge in [-0.1, -0.05) is 23.2 Å². The number of rotatable bonds is 6. The summed E-state index contributed by atoms with van der Waals surface area (Å²) in [7, 11) is -3.05. The molecule has 1 unspecified atom stereocenters. The molecule has 13 heteroatoms. The Morgan fingerprint density at radius 1 is 1.12 bits per heavy atom. The van der Waals surface area contributed by atoms with E-state index in [9.17, 15) is 33.0 Å². The van der Waals surface area contributed by atoms with Gasteiger partial charge in [0.2, 0.25) is 0 Å². The normalized spacial score (nSPS) is 15.2. The highest BCUT2D eigenvalue weighted by Crippen LogP contribution is 2.40. The molecule has 2 amide bonds. The molecular weight excluding hydrogens is 485 g/mol. The van der Waals surface area contributed by atoms with Crippen LogP contribution in [-0.2, 0) is 19.6 Å². The molecule has 0 aliphatic carbocycles. The molecule has 2 aromatic rings. The van der Waals surface area contributed by atoms with Gasteiger partial charge in [-0.05, 0) is 42.0 Å². The van der Waals surface area contributed by atoms with Crippen molar-refractivity contribution in [1.82, 2.24) is 5.32 Å². The average Bonchev–Trinajstić information content (AvgIpc) is 3.09. The maximum absolute atomic E-state index is 13.3. The molecular formula is C19H17Cl2N3O7S. The number of aliphatic carboxylic acids is 2. The molecule has 1 heterocycles. The van der Waals surface area contributed by atoms with E-state index < -0.39 is 40.5 Å². The number of halogens is 2. The van der Waals surface area contributed by atoms with Gasteiger partial charge in [0.05, 0.1) is 10.6 Å².